The maximum Gasteiger partial charge on any atom is 0.230 e. The van der Waals surface area contributed by atoms with Gasteiger partial charge in [-0.05, 0) is 25.1 Å². The molecule has 1 unspecified atom stereocenters. The number of rotatable bonds is 3. The van der Waals surface area contributed by atoms with Gasteiger partial charge in [0, 0.05) is 35.5 Å². The minimum Gasteiger partial charge on any atom is -0.287 e. The normalized spacial score (nSPS) is 12.2. The highest BCUT2D eigenvalue weighted by Crippen LogP contribution is 2.15. The van der Waals surface area contributed by atoms with Crippen LogP contribution >= 0.6 is 15.9 Å². The zero-order chi connectivity index (χ0) is 14.0. The third kappa shape index (κ3) is 2.92. The van der Waals surface area contributed by atoms with E-state index in [1.807, 2.05) is 54.9 Å². The number of ketones is 1. The van der Waals surface area contributed by atoms with Crippen LogP contribution in [0.2, 0.25) is 0 Å². The summed E-state index contributed by atoms with van der Waals surface area (Å²) in [4.78, 5) is 12.5. The molecule has 2 nitrogen and oxygen atoms in total. The average Bonchev–Trinajstić information content (AvgIpc) is 2.41. The van der Waals surface area contributed by atoms with Gasteiger partial charge in [0.2, 0.25) is 11.8 Å². The number of carbonyl (C=O) groups excluding carboxylic acids is 1. The number of pyridine rings is 1. The Balaban J connectivity index is 2.33. The monoisotopic (exact) mass is 318 g/mol. The molecule has 0 radical (unpaired) electrons. The van der Waals surface area contributed by atoms with Gasteiger partial charge in [-0.25, -0.2) is 0 Å². The Bertz CT molecular complexity index is 605. The van der Waals surface area contributed by atoms with Crippen LogP contribution in [0.5, 0.6) is 0 Å². The molecule has 0 aliphatic carbocycles. The van der Waals surface area contributed by atoms with Crippen LogP contribution in [-0.2, 0) is 0 Å². The fourth-order valence-corrected chi connectivity index (χ4v) is 2.38. The van der Waals surface area contributed by atoms with Crippen molar-refractivity contribution in [1.82, 2.24) is 0 Å². The molecule has 19 heavy (non-hydrogen) atoms. The van der Waals surface area contributed by atoms with Crippen LogP contribution < -0.4 is 4.57 Å². The Morgan fingerprint density at radius 3 is 2.42 bits per heavy atom. The summed E-state index contributed by atoms with van der Waals surface area (Å²) in [6.45, 7) is 6.04. The lowest BCUT2D eigenvalue weighted by Crippen LogP contribution is -2.45. The van der Waals surface area contributed by atoms with Gasteiger partial charge in [-0.15, -0.1) is 0 Å². The van der Waals surface area contributed by atoms with E-state index in [2.05, 4.69) is 28.9 Å². The lowest BCUT2D eigenvalue weighted by Gasteiger charge is -2.10. The van der Waals surface area contributed by atoms with Crippen LogP contribution in [0.3, 0.4) is 0 Å². The first-order valence-electron chi connectivity index (χ1n) is 6.28. The van der Waals surface area contributed by atoms with E-state index < -0.39 is 0 Å². The number of halogens is 1. The quantitative estimate of drug-likeness (QED) is 0.623. The number of Topliss-reactive ketones (excluding diaryl/α,β-unsaturated/α-hetero) is 1. The van der Waals surface area contributed by atoms with Gasteiger partial charge >= 0.3 is 0 Å². The van der Waals surface area contributed by atoms with Gasteiger partial charge in [0.15, 0.2) is 11.9 Å². The first kappa shape index (κ1) is 13.9. The SMILES string of the molecule is Cc1ccc[n+](C(C)C(=O)c2ccc(Br)cc2)c1C. The summed E-state index contributed by atoms with van der Waals surface area (Å²) in [7, 11) is 0. The molecule has 0 amide bonds. The van der Waals surface area contributed by atoms with Crippen LogP contribution in [0.4, 0.5) is 0 Å². The van der Waals surface area contributed by atoms with E-state index in [-0.39, 0.29) is 11.8 Å². The van der Waals surface area contributed by atoms with Crippen molar-refractivity contribution in [3.05, 3.63) is 63.9 Å². The van der Waals surface area contributed by atoms with E-state index in [0.717, 1.165) is 15.7 Å². The lowest BCUT2D eigenvalue weighted by atomic mass is 10.0. The molecule has 0 aliphatic rings. The molecule has 1 aromatic carbocycles. The van der Waals surface area contributed by atoms with E-state index in [9.17, 15) is 4.79 Å². The van der Waals surface area contributed by atoms with Gasteiger partial charge in [-0.2, -0.15) is 4.57 Å². The summed E-state index contributed by atoms with van der Waals surface area (Å²) in [6.07, 6.45) is 1.96. The molecule has 1 atom stereocenters. The van der Waals surface area contributed by atoms with E-state index in [4.69, 9.17) is 0 Å². The van der Waals surface area contributed by atoms with Crippen molar-refractivity contribution in [3.8, 4) is 0 Å². The Morgan fingerprint density at radius 1 is 1.16 bits per heavy atom. The number of hydrogen-bond acceptors (Lipinski definition) is 1. The highest BCUT2D eigenvalue weighted by molar-refractivity contribution is 9.10. The largest absolute Gasteiger partial charge is 0.287 e. The van der Waals surface area contributed by atoms with E-state index >= 15 is 0 Å². The smallest absolute Gasteiger partial charge is 0.230 e. The molecule has 1 heterocycles. The minimum atomic E-state index is -0.193. The molecule has 2 rings (SSSR count). The Kier molecular flexibility index (Phi) is 4.15. The van der Waals surface area contributed by atoms with E-state index in [1.54, 1.807) is 0 Å². The van der Waals surface area contributed by atoms with Gasteiger partial charge in [0.1, 0.15) is 0 Å². The molecule has 0 spiro atoms. The number of aryl methyl sites for hydroxylation is 1. The molecular formula is C16H17BrNO+. The molecular weight excluding hydrogens is 302 g/mol. The van der Waals surface area contributed by atoms with Crippen molar-refractivity contribution in [3.63, 3.8) is 0 Å². The molecule has 0 fully saturated rings. The molecule has 2 aromatic rings. The van der Waals surface area contributed by atoms with Crippen LogP contribution in [0.25, 0.3) is 0 Å². The van der Waals surface area contributed by atoms with Crippen molar-refractivity contribution >= 4 is 21.7 Å². The second-order valence-corrected chi connectivity index (χ2v) is 5.65. The molecule has 0 saturated heterocycles. The summed E-state index contributed by atoms with van der Waals surface area (Å²) >= 11 is 3.38. The zero-order valence-electron chi connectivity index (χ0n) is 11.4. The molecule has 0 saturated carbocycles. The summed E-state index contributed by atoms with van der Waals surface area (Å²) < 4.78 is 3.01. The Hall–Kier alpha value is -1.48. The van der Waals surface area contributed by atoms with Gasteiger partial charge in [0.25, 0.3) is 0 Å². The topological polar surface area (TPSA) is 20.9 Å². The molecule has 0 aliphatic heterocycles. The molecule has 1 aromatic heterocycles. The first-order valence-corrected chi connectivity index (χ1v) is 7.07. The number of nitrogens with zero attached hydrogens (tertiary/aromatic N) is 1. The van der Waals surface area contributed by atoms with Crippen molar-refractivity contribution in [1.29, 1.82) is 0 Å². The van der Waals surface area contributed by atoms with Gasteiger partial charge in [-0.3, -0.25) is 4.79 Å². The van der Waals surface area contributed by atoms with Crippen LogP contribution in [0.1, 0.15) is 34.6 Å². The summed E-state index contributed by atoms with van der Waals surface area (Å²) in [5, 5.41) is 0. The fourth-order valence-electron chi connectivity index (χ4n) is 2.12. The van der Waals surface area contributed by atoms with E-state index in [0.29, 0.717) is 0 Å². The van der Waals surface area contributed by atoms with Crippen molar-refractivity contribution < 1.29 is 9.36 Å². The van der Waals surface area contributed by atoms with Gasteiger partial charge in [0.05, 0.1) is 0 Å². The van der Waals surface area contributed by atoms with E-state index in [1.165, 1.54) is 5.56 Å². The highest BCUT2D eigenvalue weighted by Gasteiger charge is 2.25. The van der Waals surface area contributed by atoms with Gasteiger partial charge in [-0.1, -0.05) is 28.1 Å². The third-order valence-corrected chi connectivity index (χ3v) is 4.00. The first-order chi connectivity index (χ1) is 9.00. The predicted molar refractivity (Wildman–Crippen MR) is 79.3 cm³/mol. The summed E-state index contributed by atoms with van der Waals surface area (Å²) in [5.74, 6) is 0.131. The minimum absolute atomic E-state index is 0.131. The average molecular weight is 319 g/mol. The predicted octanol–water partition coefficient (Wildman–Crippen LogP) is 3.80. The summed E-state index contributed by atoms with van der Waals surface area (Å²) in [5.41, 5.74) is 3.06. The third-order valence-electron chi connectivity index (χ3n) is 3.48. The molecule has 98 valence electrons. The molecule has 0 N–H and O–H groups in total. The second kappa shape index (κ2) is 5.66. The highest BCUT2D eigenvalue weighted by atomic mass is 79.9. The number of hydrogen-bond donors (Lipinski definition) is 0. The van der Waals surface area contributed by atoms with Crippen LogP contribution in [0, 0.1) is 13.8 Å². The van der Waals surface area contributed by atoms with Crippen molar-refractivity contribution in [2.24, 2.45) is 0 Å². The molecule has 0 bridgehead atoms. The zero-order valence-corrected chi connectivity index (χ0v) is 12.9. The second-order valence-electron chi connectivity index (χ2n) is 4.73. The number of benzene rings is 1. The molecule has 3 heteroatoms. The standard InChI is InChI=1S/C16H17BrNO/c1-11-5-4-10-18(12(11)2)13(3)16(19)14-6-8-15(17)9-7-14/h4-10,13H,1-3H3/q+1. The maximum atomic E-state index is 12.5. The lowest BCUT2D eigenvalue weighted by molar-refractivity contribution is -0.710. The maximum absolute atomic E-state index is 12.5. The Morgan fingerprint density at radius 2 is 1.79 bits per heavy atom. The number of aromatic nitrogens is 1. The van der Waals surface area contributed by atoms with Crippen LogP contribution in [0.15, 0.2) is 47.1 Å². The van der Waals surface area contributed by atoms with Gasteiger partial charge < -0.3 is 0 Å². The van der Waals surface area contributed by atoms with Crippen LogP contribution in [-0.4, -0.2) is 5.78 Å². The fraction of sp³-hybridized carbons (Fsp3) is 0.250. The van der Waals surface area contributed by atoms with Crippen molar-refractivity contribution in [2.75, 3.05) is 0 Å². The van der Waals surface area contributed by atoms with Crippen molar-refractivity contribution in [2.45, 2.75) is 26.8 Å². The Labute approximate surface area is 122 Å². The summed E-state index contributed by atoms with van der Waals surface area (Å²) in [6, 6.07) is 11.3. The number of carbonyl (C=O) groups is 1.